The van der Waals surface area contributed by atoms with Gasteiger partial charge in [0.15, 0.2) is 0 Å². The standard InChI is InChI=1S/C20H24N2O3S/c1-15-11-16(2)13-18(12-15)21-20(23)17-7-6-10-22(14-17)26(24,25)19-8-4-3-5-9-19/h3-5,8-9,11-13,17H,6-7,10,14H2,1-2H3,(H,21,23). The molecule has 1 aliphatic rings. The molecule has 0 aliphatic carbocycles. The smallest absolute Gasteiger partial charge is 0.243 e. The van der Waals surface area contributed by atoms with Crippen LogP contribution >= 0.6 is 0 Å². The Morgan fingerprint density at radius 2 is 1.73 bits per heavy atom. The fraction of sp³-hybridized carbons (Fsp3) is 0.350. The number of carbonyl (C=O) groups excluding carboxylic acids is 1. The zero-order valence-corrected chi connectivity index (χ0v) is 15.9. The van der Waals surface area contributed by atoms with Crippen molar-refractivity contribution in [2.75, 3.05) is 18.4 Å². The molecule has 2 aromatic carbocycles. The van der Waals surface area contributed by atoms with E-state index in [1.165, 1.54) is 4.31 Å². The Balaban J connectivity index is 1.73. The van der Waals surface area contributed by atoms with Gasteiger partial charge < -0.3 is 5.32 Å². The number of piperidine rings is 1. The summed E-state index contributed by atoms with van der Waals surface area (Å²) in [6.07, 6.45) is 1.37. The lowest BCUT2D eigenvalue weighted by molar-refractivity contribution is -0.120. The van der Waals surface area contributed by atoms with Gasteiger partial charge in [-0.25, -0.2) is 8.42 Å². The normalized spacial score (nSPS) is 18.5. The van der Waals surface area contributed by atoms with Gasteiger partial charge in [-0.1, -0.05) is 24.3 Å². The van der Waals surface area contributed by atoms with Gasteiger partial charge in [0.2, 0.25) is 15.9 Å². The molecule has 1 heterocycles. The lowest BCUT2D eigenvalue weighted by Gasteiger charge is -2.31. The van der Waals surface area contributed by atoms with Crippen LogP contribution in [0, 0.1) is 19.8 Å². The largest absolute Gasteiger partial charge is 0.326 e. The molecule has 3 rings (SSSR count). The molecule has 6 heteroatoms. The van der Waals surface area contributed by atoms with Crippen LogP contribution in [0.5, 0.6) is 0 Å². The van der Waals surface area contributed by atoms with Gasteiger partial charge in [-0.05, 0) is 62.1 Å². The van der Waals surface area contributed by atoms with Crippen LogP contribution < -0.4 is 5.32 Å². The predicted octanol–water partition coefficient (Wildman–Crippen LogP) is 3.34. The molecule has 1 atom stereocenters. The number of hydrogen-bond donors (Lipinski definition) is 1. The van der Waals surface area contributed by atoms with Gasteiger partial charge in [0, 0.05) is 18.8 Å². The van der Waals surface area contributed by atoms with E-state index in [1.807, 2.05) is 32.0 Å². The lowest BCUT2D eigenvalue weighted by atomic mass is 9.98. The predicted molar refractivity (Wildman–Crippen MR) is 102 cm³/mol. The highest BCUT2D eigenvalue weighted by molar-refractivity contribution is 7.89. The molecule has 0 bridgehead atoms. The maximum absolute atomic E-state index is 12.8. The molecule has 0 aromatic heterocycles. The summed E-state index contributed by atoms with van der Waals surface area (Å²) in [6, 6.07) is 14.3. The Kier molecular flexibility index (Phi) is 5.44. The van der Waals surface area contributed by atoms with E-state index in [1.54, 1.807) is 30.3 Å². The molecule has 1 N–H and O–H groups in total. The average molecular weight is 372 g/mol. The van der Waals surface area contributed by atoms with E-state index in [-0.39, 0.29) is 23.3 Å². The van der Waals surface area contributed by atoms with Gasteiger partial charge in [0.25, 0.3) is 0 Å². The Morgan fingerprint density at radius 3 is 2.38 bits per heavy atom. The summed E-state index contributed by atoms with van der Waals surface area (Å²) >= 11 is 0. The summed E-state index contributed by atoms with van der Waals surface area (Å²) in [5, 5.41) is 2.94. The molecule has 1 fully saturated rings. The molecule has 1 unspecified atom stereocenters. The maximum atomic E-state index is 12.8. The molecule has 138 valence electrons. The molecule has 0 spiro atoms. The SMILES string of the molecule is Cc1cc(C)cc(NC(=O)C2CCCN(S(=O)(=O)c3ccccc3)C2)c1. The molecular weight excluding hydrogens is 348 g/mol. The van der Waals surface area contributed by atoms with Crippen LogP contribution in [0.3, 0.4) is 0 Å². The quantitative estimate of drug-likeness (QED) is 0.895. The summed E-state index contributed by atoms with van der Waals surface area (Å²) in [4.78, 5) is 12.9. The molecule has 2 aromatic rings. The zero-order chi connectivity index (χ0) is 18.7. The van der Waals surface area contributed by atoms with Gasteiger partial charge in [0.1, 0.15) is 0 Å². The topological polar surface area (TPSA) is 66.5 Å². The minimum Gasteiger partial charge on any atom is -0.326 e. The zero-order valence-electron chi connectivity index (χ0n) is 15.1. The molecule has 0 saturated carbocycles. The van der Waals surface area contributed by atoms with Crippen LogP contribution in [0.4, 0.5) is 5.69 Å². The summed E-state index contributed by atoms with van der Waals surface area (Å²) in [7, 11) is -3.56. The number of sulfonamides is 1. The molecule has 1 saturated heterocycles. The van der Waals surface area contributed by atoms with E-state index in [0.29, 0.717) is 19.4 Å². The minimum absolute atomic E-state index is 0.122. The first-order valence-corrected chi connectivity index (χ1v) is 10.2. The highest BCUT2D eigenvalue weighted by Crippen LogP contribution is 2.25. The van der Waals surface area contributed by atoms with E-state index in [9.17, 15) is 13.2 Å². The number of nitrogens with zero attached hydrogens (tertiary/aromatic N) is 1. The maximum Gasteiger partial charge on any atom is 0.243 e. The van der Waals surface area contributed by atoms with Crippen LogP contribution in [0.2, 0.25) is 0 Å². The van der Waals surface area contributed by atoms with Crippen LogP contribution in [-0.2, 0) is 14.8 Å². The number of amides is 1. The number of nitrogens with one attached hydrogen (secondary N) is 1. The van der Waals surface area contributed by atoms with Crippen LogP contribution in [0.25, 0.3) is 0 Å². The average Bonchev–Trinajstić information content (AvgIpc) is 2.61. The van der Waals surface area contributed by atoms with E-state index in [0.717, 1.165) is 16.8 Å². The Morgan fingerprint density at radius 1 is 1.08 bits per heavy atom. The summed E-state index contributed by atoms with van der Waals surface area (Å²) < 4.78 is 27.0. The van der Waals surface area contributed by atoms with Gasteiger partial charge in [-0.2, -0.15) is 4.31 Å². The molecule has 1 amide bonds. The van der Waals surface area contributed by atoms with Crippen molar-refractivity contribution in [3.63, 3.8) is 0 Å². The molecule has 0 radical (unpaired) electrons. The van der Waals surface area contributed by atoms with E-state index >= 15 is 0 Å². The molecule has 26 heavy (non-hydrogen) atoms. The van der Waals surface area contributed by atoms with Crippen LogP contribution in [-0.4, -0.2) is 31.7 Å². The van der Waals surface area contributed by atoms with Crippen molar-refractivity contribution < 1.29 is 13.2 Å². The summed E-state index contributed by atoms with van der Waals surface area (Å²) in [5.41, 5.74) is 2.92. The van der Waals surface area contributed by atoms with E-state index < -0.39 is 10.0 Å². The highest BCUT2D eigenvalue weighted by atomic mass is 32.2. The van der Waals surface area contributed by atoms with E-state index in [4.69, 9.17) is 0 Å². The number of benzene rings is 2. The van der Waals surface area contributed by atoms with Crippen molar-refractivity contribution in [3.05, 3.63) is 59.7 Å². The Labute approximate surface area is 155 Å². The number of anilines is 1. The second kappa shape index (κ2) is 7.60. The monoisotopic (exact) mass is 372 g/mol. The van der Waals surface area contributed by atoms with Crippen molar-refractivity contribution in [2.45, 2.75) is 31.6 Å². The number of hydrogen-bond acceptors (Lipinski definition) is 3. The first-order chi connectivity index (χ1) is 12.4. The first kappa shape index (κ1) is 18.6. The van der Waals surface area contributed by atoms with Crippen molar-refractivity contribution in [1.29, 1.82) is 0 Å². The third-order valence-corrected chi connectivity index (χ3v) is 6.50. The van der Waals surface area contributed by atoms with Crippen molar-refractivity contribution >= 4 is 21.6 Å². The van der Waals surface area contributed by atoms with E-state index in [2.05, 4.69) is 5.32 Å². The Hall–Kier alpha value is -2.18. The fourth-order valence-electron chi connectivity index (χ4n) is 3.41. The van der Waals surface area contributed by atoms with Gasteiger partial charge in [0.05, 0.1) is 10.8 Å². The van der Waals surface area contributed by atoms with Crippen molar-refractivity contribution in [1.82, 2.24) is 4.31 Å². The second-order valence-corrected chi connectivity index (χ2v) is 8.82. The molecule has 1 aliphatic heterocycles. The first-order valence-electron chi connectivity index (χ1n) is 8.80. The number of rotatable bonds is 4. The van der Waals surface area contributed by atoms with Gasteiger partial charge >= 0.3 is 0 Å². The second-order valence-electron chi connectivity index (χ2n) is 6.88. The van der Waals surface area contributed by atoms with Crippen LogP contribution in [0.15, 0.2) is 53.4 Å². The Bertz CT molecular complexity index is 874. The molecule has 5 nitrogen and oxygen atoms in total. The summed E-state index contributed by atoms with van der Waals surface area (Å²) in [6.45, 7) is 4.63. The molecular formula is C20H24N2O3S. The summed E-state index contributed by atoms with van der Waals surface area (Å²) in [5.74, 6) is -0.467. The third kappa shape index (κ3) is 4.14. The van der Waals surface area contributed by atoms with Gasteiger partial charge in [-0.15, -0.1) is 0 Å². The minimum atomic E-state index is -3.56. The fourth-order valence-corrected chi connectivity index (χ4v) is 4.95. The van der Waals surface area contributed by atoms with Crippen molar-refractivity contribution in [3.8, 4) is 0 Å². The van der Waals surface area contributed by atoms with Crippen LogP contribution in [0.1, 0.15) is 24.0 Å². The number of aryl methyl sites for hydroxylation is 2. The van der Waals surface area contributed by atoms with Gasteiger partial charge in [-0.3, -0.25) is 4.79 Å². The van der Waals surface area contributed by atoms with Crippen molar-refractivity contribution in [2.24, 2.45) is 5.92 Å². The third-order valence-electron chi connectivity index (χ3n) is 4.63. The lowest BCUT2D eigenvalue weighted by Crippen LogP contribution is -2.43. The number of carbonyl (C=O) groups is 1. The highest BCUT2D eigenvalue weighted by Gasteiger charge is 2.33.